The summed E-state index contributed by atoms with van der Waals surface area (Å²) in [6.07, 6.45) is 6.13. The third-order valence-corrected chi connectivity index (χ3v) is 5.65. The Bertz CT molecular complexity index is 643. The van der Waals surface area contributed by atoms with Crippen LogP contribution in [0, 0.1) is 11.8 Å². The molecule has 1 aliphatic rings. The fraction of sp³-hybridized carbons (Fsp3) is 0.500. The molecule has 2 rings (SSSR count). The predicted molar refractivity (Wildman–Crippen MR) is 92.2 cm³/mol. The first-order valence-electron chi connectivity index (χ1n) is 8.05. The third kappa shape index (κ3) is 5.01. The molecule has 1 fully saturated rings. The van der Waals surface area contributed by atoms with Crippen molar-refractivity contribution in [1.29, 1.82) is 0 Å². The molecule has 126 valence electrons. The molecule has 0 saturated carbocycles. The first-order valence-corrected chi connectivity index (χ1v) is 9.94. The number of carbonyl (C=O) groups excluding carboxylic acids is 1. The Hall–Kier alpha value is -1.46. The minimum atomic E-state index is -3.20. The maximum Gasteiger partial charge on any atom is 0.175 e. The minimum Gasteiger partial charge on any atom is -0.317 e. The Balaban J connectivity index is 2.07. The Morgan fingerprint density at radius 2 is 1.91 bits per heavy atom. The standard InChI is InChI=1S/C18H25NO3S/c1-3-4-17(15-9-11-19-12-10-15)18(20)13-14-5-7-16(8-6-14)23(2,21)22/h3,5-8,15,17,19H,1,4,9-13H2,2H3. The van der Waals surface area contributed by atoms with E-state index in [4.69, 9.17) is 0 Å². The zero-order valence-electron chi connectivity index (χ0n) is 13.6. The molecule has 0 radical (unpaired) electrons. The molecule has 4 nitrogen and oxygen atoms in total. The zero-order valence-corrected chi connectivity index (χ0v) is 14.4. The second kappa shape index (κ2) is 7.88. The van der Waals surface area contributed by atoms with Crippen molar-refractivity contribution in [2.24, 2.45) is 11.8 Å². The molecule has 1 aliphatic heterocycles. The Kier molecular flexibility index (Phi) is 6.13. The van der Waals surface area contributed by atoms with Gasteiger partial charge in [0.25, 0.3) is 0 Å². The molecule has 1 aromatic carbocycles. The maximum atomic E-state index is 12.7. The predicted octanol–water partition coefficient (Wildman–Crippen LogP) is 2.39. The largest absolute Gasteiger partial charge is 0.317 e. The van der Waals surface area contributed by atoms with E-state index in [1.807, 2.05) is 6.08 Å². The molecule has 1 N–H and O–H groups in total. The Morgan fingerprint density at radius 3 is 2.43 bits per heavy atom. The van der Waals surface area contributed by atoms with Crippen LogP contribution in [-0.2, 0) is 21.1 Å². The molecule has 23 heavy (non-hydrogen) atoms. The number of sulfone groups is 1. The molecular weight excluding hydrogens is 310 g/mol. The van der Waals surface area contributed by atoms with Crippen molar-refractivity contribution in [3.8, 4) is 0 Å². The average molecular weight is 335 g/mol. The molecule has 1 atom stereocenters. The second-order valence-electron chi connectivity index (χ2n) is 6.28. The van der Waals surface area contributed by atoms with Gasteiger partial charge in [-0.1, -0.05) is 18.2 Å². The minimum absolute atomic E-state index is 0.0178. The fourth-order valence-corrected chi connectivity index (χ4v) is 3.83. The zero-order chi connectivity index (χ0) is 16.9. The quantitative estimate of drug-likeness (QED) is 0.777. The topological polar surface area (TPSA) is 63.2 Å². The number of benzene rings is 1. The molecule has 1 aromatic rings. The van der Waals surface area contributed by atoms with Gasteiger partial charge in [-0.25, -0.2) is 8.42 Å². The van der Waals surface area contributed by atoms with Gasteiger partial charge in [-0.15, -0.1) is 6.58 Å². The molecular formula is C18H25NO3S. The van der Waals surface area contributed by atoms with Crippen LogP contribution in [0.1, 0.15) is 24.8 Å². The lowest BCUT2D eigenvalue weighted by Crippen LogP contribution is -2.35. The van der Waals surface area contributed by atoms with E-state index in [0.29, 0.717) is 18.8 Å². The second-order valence-corrected chi connectivity index (χ2v) is 8.29. The van der Waals surface area contributed by atoms with E-state index in [9.17, 15) is 13.2 Å². The van der Waals surface area contributed by atoms with E-state index in [0.717, 1.165) is 31.5 Å². The monoisotopic (exact) mass is 335 g/mol. The fourth-order valence-electron chi connectivity index (χ4n) is 3.20. The van der Waals surface area contributed by atoms with Gasteiger partial charge in [0.2, 0.25) is 0 Å². The van der Waals surface area contributed by atoms with Gasteiger partial charge in [0.15, 0.2) is 9.84 Å². The Labute approximate surface area is 138 Å². The van der Waals surface area contributed by atoms with Gasteiger partial charge < -0.3 is 5.32 Å². The summed E-state index contributed by atoms with van der Waals surface area (Å²) < 4.78 is 23.0. The van der Waals surface area contributed by atoms with Crippen LogP contribution in [0.2, 0.25) is 0 Å². The van der Waals surface area contributed by atoms with Crippen LogP contribution in [0.25, 0.3) is 0 Å². The summed E-state index contributed by atoms with van der Waals surface area (Å²) in [4.78, 5) is 13.0. The van der Waals surface area contributed by atoms with Crippen molar-refractivity contribution in [2.75, 3.05) is 19.3 Å². The number of hydrogen-bond donors (Lipinski definition) is 1. The molecule has 1 unspecified atom stereocenters. The summed E-state index contributed by atoms with van der Waals surface area (Å²) in [7, 11) is -3.20. The van der Waals surface area contributed by atoms with Gasteiger partial charge in [0, 0.05) is 18.6 Å². The maximum absolute atomic E-state index is 12.7. The third-order valence-electron chi connectivity index (χ3n) is 4.52. The van der Waals surface area contributed by atoms with Crippen LogP contribution in [0.3, 0.4) is 0 Å². The van der Waals surface area contributed by atoms with E-state index < -0.39 is 9.84 Å². The summed E-state index contributed by atoms with van der Waals surface area (Å²) in [6.45, 7) is 5.72. The van der Waals surface area contributed by atoms with Gasteiger partial charge in [0.1, 0.15) is 5.78 Å². The van der Waals surface area contributed by atoms with Crippen LogP contribution in [0.4, 0.5) is 0 Å². The molecule has 1 heterocycles. The highest BCUT2D eigenvalue weighted by Gasteiger charge is 2.28. The van der Waals surface area contributed by atoms with E-state index in [1.165, 1.54) is 6.26 Å². The van der Waals surface area contributed by atoms with Gasteiger partial charge in [0.05, 0.1) is 4.90 Å². The van der Waals surface area contributed by atoms with Crippen molar-refractivity contribution in [3.05, 3.63) is 42.5 Å². The van der Waals surface area contributed by atoms with Gasteiger partial charge in [-0.2, -0.15) is 0 Å². The van der Waals surface area contributed by atoms with Gasteiger partial charge in [-0.3, -0.25) is 4.79 Å². The number of piperidine rings is 1. The van der Waals surface area contributed by atoms with Crippen LogP contribution in [-0.4, -0.2) is 33.5 Å². The number of ketones is 1. The van der Waals surface area contributed by atoms with E-state index in [2.05, 4.69) is 11.9 Å². The normalized spacial score (nSPS) is 17.6. The highest BCUT2D eigenvalue weighted by molar-refractivity contribution is 7.90. The van der Waals surface area contributed by atoms with Gasteiger partial charge >= 0.3 is 0 Å². The summed E-state index contributed by atoms with van der Waals surface area (Å²) in [5.41, 5.74) is 0.866. The first kappa shape index (κ1) is 17.9. The summed E-state index contributed by atoms with van der Waals surface area (Å²) >= 11 is 0. The molecule has 5 heteroatoms. The van der Waals surface area contributed by atoms with Crippen molar-refractivity contribution < 1.29 is 13.2 Å². The SMILES string of the molecule is C=CCC(C(=O)Cc1ccc(S(C)(=O)=O)cc1)C1CCNCC1. The lowest BCUT2D eigenvalue weighted by molar-refractivity contribution is -0.124. The van der Waals surface area contributed by atoms with Crippen LogP contribution in [0.15, 0.2) is 41.8 Å². The van der Waals surface area contributed by atoms with Crippen molar-refractivity contribution >= 4 is 15.6 Å². The summed E-state index contributed by atoms with van der Waals surface area (Å²) in [5, 5.41) is 3.33. The van der Waals surface area contributed by atoms with Crippen molar-refractivity contribution in [2.45, 2.75) is 30.6 Å². The number of nitrogens with one attached hydrogen (secondary N) is 1. The van der Waals surface area contributed by atoms with Crippen molar-refractivity contribution in [1.82, 2.24) is 5.32 Å². The van der Waals surface area contributed by atoms with E-state index in [-0.39, 0.29) is 16.6 Å². The summed E-state index contributed by atoms with van der Waals surface area (Å²) in [5.74, 6) is 0.658. The number of hydrogen-bond acceptors (Lipinski definition) is 4. The smallest absolute Gasteiger partial charge is 0.175 e. The van der Waals surface area contributed by atoms with Crippen LogP contribution >= 0.6 is 0 Å². The average Bonchev–Trinajstić information content (AvgIpc) is 2.53. The number of carbonyl (C=O) groups is 1. The van der Waals surface area contributed by atoms with E-state index in [1.54, 1.807) is 24.3 Å². The number of rotatable bonds is 7. The number of Topliss-reactive ketones (excluding diaryl/α,β-unsaturated/α-hetero) is 1. The first-order chi connectivity index (χ1) is 10.9. The molecule has 0 amide bonds. The summed E-state index contributed by atoms with van der Waals surface area (Å²) in [6, 6.07) is 6.62. The highest BCUT2D eigenvalue weighted by atomic mass is 32.2. The van der Waals surface area contributed by atoms with Crippen molar-refractivity contribution in [3.63, 3.8) is 0 Å². The lowest BCUT2D eigenvalue weighted by atomic mass is 9.79. The Morgan fingerprint density at radius 1 is 1.30 bits per heavy atom. The lowest BCUT2D eigenvalue weighted by Gasteiger charge is -2.29. The number of allylic oxidation sites excluding steroid dienone is 1. The molecule has 0 aromatic heterocycles. The highest BCUT2D eigenvalue weighted by Crippen LogP contribution is 2.27. The van der Waals surface area contributed by atoms with E-state index >= 15 is 0 Å². The van der Waals surface area contributed by atoms with Gasteiger partial charge in [-0.05, 0) is 56.0 Å². The molecule has 1 saturated heterocycles. The van der Waals surface area contributed by atoms with Crippen LogP contribution < -0.4 is 5.32 Å². The molecule has 0 spiro atoms. The molecule has 0 aliphatic carbocycles. The van der Waals surface area contributed by atoms with Crippen LogP contribution in [0.5, 0.6) is 0 Å². The molecule has 0 bridgehead atoms.